The zero-order chi connectivity index (χ0) is 25.1. The maximum Gasteiger partial charge on any atom is 0.417 e. The van der Waals surface area contributed by atoms with E-state index in [9.17, 15) is 18.0 Å². The largest absolute Gasteiger partial charge is 0.452 e. The third-order valence-corrected chi connectivity index (χ3v) is 5.73. The molecule has 35 heavy (non-hydrogen) atoms. The molecule has 0 aliphatic heterocycles. The van der Waals surface area contributed by atoms with Gasteiger partial charge in [-0.15, -0.1) is 0 Å². The van der Waals surface area contributed by atoms with Gasteiger partial charge in [-0.2, -0.15) is 18.2 Å². The third-order valence-electron chi connectivity index (χ3n) is 5.37. The number of ether oxygens (including phenoxy) is 1. The van der Waals surface area contributed by atoms with Crippen molar-refractivity contribution in [2.24, 2.45) is 14.1 Å². The van der Waals surface area contributed by atoms with Crippen molar-refractivity contribution in [2.75, 3.05) is 5.32 Å². The predicted molar refractivity (Wildman–Crippen MR) is 124 cm³/mol. The van der Waals surface area contributed by atoms with Crippen molar-refractivity contribution in [3.63, 3.8) is 0 Å². The second-order valence-corrected chi connectivity index (χ2v) is 8.33. The highest BCUT2D eigenvalue weighted by Crippen LogP contribution is 2.36. The number of fused-ring (bicyclic) bond motifs is 2. The minimum atomic E-state index is -4.62. The maximum absolute atomic E-state index is 13.2. The summed E-state index contributed by atoms with van der Waals surface area (Å²) < 4.78 is 47.9. The first-order chi connectivity index (χ1) is 16.5. The second-order valence-electron chi connectivity index (χ2n) is 7.95. The molecule has 13 heteroatoms. The number of alkyl halides is 3. The molecule has 5 aromatic heterocycles. The number of halogens is 4. The molecule has 0 unspecified atom stereocenters. The van der Waals surface area contributed by atoms with Crippen LogP contribution in [0.1, 0.15) is 11.3 Å². The van der Waals surface area contributed by atoms with Gasteiger partial charge >= 0.3 is 6.18 Å². The number of anilines is 2. The highest BCUT2D eigenvalue weighted by atomic mass is 35.5. The number of aromatic amines is 1. The lowest BCUT2D eigenvalue weighted by atomic mass is 10.2. The Kier molecular flexibility index (Phi) is 5.20. The average molecular weight is 504 g/mol. The van der Waals surface area contributed by atoms with Crippen molar-refractivity contribution in [3.05, 3.63) is 63.4 Å². The van der Waals surface area contributed by atoms with Gasteiger partial charge in [0.2, 0.25) is 5.95 Å². The molecule has 180 valence electrons. The number of aromatic nitrogens is 6. The van der Waals surface area contributed by atoms with E-state index in [2.05, 4.69) is 25.3 Å². The highest BCUT2D eigenvalue weighted by Gasteiger charge is 2.32. The number of pyridine rings is 3. The zero-order valence-electron chi connectivity index (χ0n) is 18.5. The van der Waals surface area contributed by atoms with Gasteiger partial charge in [-0.25, -0.2) is 9.97 Å². The van der Waals surface area contributed by atoms with Crippen molar-refractivity contribution in [3.8, 4) is 11.5 Å². The van der Waals surface area contributed by atoms with Crippen molar-refractivity contribution in [2.45, 2.75) is 13.1 Å². The SMILES string of the molecule is Cc1cc2cc(Oc3cnc4nc(Nc5cc(C(F)(F)F)cn(C)c5=O)n(C)c4c3Cl)cnc2[nH]1. The van der Waals surface area contributed by atoms with E-state index in [0.717, 1.165) is 33.6 Å². The van der Waals surface area contributed by atoms with Crippen LogP contribution in [0.25, 0.3) is 22.2 Å². The van der Waals surface area contributed by atoms with Gasteiger partial charge < -0.3 is 24.2 Å². The molecule has 5 heterocycles. The Bertz CT molecular complexity index is 1670. The highest BCUT2D eigenvalue weighted by molar-refractivity contribution is 6.36. The van der Waals surface area contributed by atoms with Crippen LogP contribution in [0.2, 0.25) is 5.02 Å². The van der Waals surface area contributed by atoms with Crippen molar-refractivity contribution < 1.29 is 17.9 Å². The number of nitrogens with one attached hydrogen (secondary N) is 2. The Morgan fingerprint density at radius 1 is 1.14 bits per heavy atom. The zero-order valence-corrected chi connectivity index (χ0v) is 19.3. The van der Waals surface area contributed by atoms with Crippen LogP contribution >= 0.6 is 11.6 Å². The van der Waals surface area contributed by atoms with E-state index < -0.39 is 17.3 Å². The molecule has 5 rings (SSSR count). The quantitative estimate of drug-likeness (QED) is 0.355. The maximum atomic E-state index is 13.2. The molecule has 0 bridgehead atoms. The summed E-state index contributed by atoms with van der Waals surface area (Å²) in [5, 5.41) is 3.71. The number of nitrogens with zero attached hydrogens (tertiary/aromatic N) is 5. The van der Waals surface area contributed by atoms with Crippen LogP contribution in [0, 0.1) is 6.92 Å². The van der Waals surface area contributed by atoms with Crippen molar-refractivity contribution in [1.29, 1.82) is 0 Å². The van der Waals surface area contributed by atoms with Gasteiger partial charge in [-0.3, -0.25) is 4.79 Å². The number of rotatable bonds is 4. The summed E-state index contributed by atoms with van der Waals surface area (Å²) in [5.74, 6) is 0.749. The van der Waals surface area contributed by atoms with Crippen molar-refractivity contribution >= 4 is 45.4 Å². The summed E-state index contributed by atoms with van der Waals surface area (Å²) in [6, 6.07) is 4.46. The molecule has 0 spiro atoms. The van der Waals surface area contributed by atoms with Gasteiger partial charge in [-0.1, -0.05) is 11.6 Å². The molecule has 5 aromatic rings. The molecule has 0 fully saturated rings. The molecule has 0 aliphatic carbocycles. The third kappa shape index (κ3) is 4.05. The van der Waals surface area contributed by atoms with Gasteiger partial charge in [0, 0.05) is 31.4 Å². The normalized spacial score (nSPS) is 12.0. The number of aryl methyl sites for hydroxylation is 3. The topological polar surface area (TPSA) is 103 Å². The first kappa shape index (κ1) is 22.7. The van der Waals surface area contributed by atoms with E-state index >= 15 is 0 Å². The summed E-state index contributed by atoms with van der Waals surface area (Å²) in [7, 11) is 2.82. The predicted octanol–water partition coefficient (Wildman–Crippen LogP) is 5.06. The van der Waals surface area contributed by atoms with E-state index in [1.807, 2.05) is 13.0 Å². The van der Waals surface area contributed by atoms with Crippen LogP contribution in [0.4, 0.5) is 24.8 Å². The Balaban J connectivity index is 1.52. The molecule has 0 atom stereocenters. The first-order valence-electron chi connectivity index (χ1n) is 10.2. The fourth-order valence-electron chi connectivity index (χ4n) is 3.69. The van der Waals surface area contributed by atoms with Crippen LogP contribution in [0.3, 0.4) is 0 Å². The van der Waals surface area contributed by atoms with Gasteiger partial charge in [0.15, 0.2) is 11.4 Å². The fourth-order valence-corrected chi connectivity index (χ4v) is 3.99. The second kappa shape index (κ2) is 8.01. The summed E-state index contributed by atoms with van der Waals surface area (Å²) >= 11 is 6.58. The van der Waals surface area contributed by atoms with Crippen LogP contribution in [-0.4, -0.2) is 29.1 Å². The van der Waals surface area contributed by atoms with E-state index in [-0.39, 0.29) is 28.1 Å². The smallest absolute Gasteiger partial charge is 0.417 e. The van der Waals surface area contributed by atoms with E-state index in [1.165, 1.54) is 17.8 Å². The van der Waals surface area contributed by atoms with Gasteiger partial charge in [0.1, 0.15) is 27.6 Å². The van der Waals surface area contributed by atoms with E-state index in [1.54, 1.807) is 19.3 Å². The number of hydrogen-bond donors (Lipinski definition) is 2. The molecule has 9 nitrogen and oxygen atoms in total. The lowest BCUT2D eigenvalue weighted by Crippen LogP contribution is -2.23. The molecule has 0 aliphatic rings. The first-order valence-corrected chi connectivity index (χ1v) is 10.6. The molecular weight excluding hydrogens is 487 g/mol. The molecule has 0 saturated carbocycles. The Labute approximate surface area is 200 Å². The van der Waals surface area contributed by atoms with Gasteiger partial charge in [-0.05, 0) is 25.1 Å². The lowest BCUT2D eigenvalue weighted by Gasteiger charge is -2.12. The molecular formula is C22H17ClF3N7O2. The number of hydrogen-bond acceptors (Lipinski definition) is 6. The van der Waals surface area contributed by atoms with Gasteiger partial charge in [0.05, 0.1) is 18.0 Å². The van der Waals surface area contributed by atoms with Crippen LogP contribution in [0.5, 0.6) is 11.5 Å². The molecule has 0 amide bonds. The summed E-state index contributed by atoms with van der Waals surface area (Å²) in [5.41, 5.74) is 0.322. The minimum absolute atomic E-state index is 0.0776. The summed E-state index contributed by atoms with van der Waals surface area (Å²) in [6.07, 6.45) is -0.969. The molecule has 0 radical (unpaired) electrons. The lowest BCUT2D eigenvalue weighted by molar-refractivity contribution is -0.138. The summed E-state index contributed by atoms with van der Waals surface area (Å²) in [6.45, 7) is 1.92. The average Bonchev–Trinajstić information content (AvgIpc) is 3.31. The Hall–Kier alpha value is -4.06. The number of H-pyrrole nitrogens is 1. The van der Waals surface area contributed by atoms with Crippen LogP contribution in [0.15, 0.2) is 41.6 Å². The minimum Gasteiger partial charge on any atom is -0.452 e. The van der Waals surface area contributed by atoms with Crippen LogP contribution < -0.4 is 15.6 Å². The molecule has 0 aromatic carbocycles. The fraction of sp³-hybridized carbons (Fsp3) is 0.182. The van der Waals surface area contributed by atoms with Crippen molar-refractivity contribution in [1.82, 2.24) is 29.1 Å². The summed E-state index contributed by atoms with van der Waals surface area (Å²) in [4.78, 5) is 28.4. The van der Waals surface area contributed by atoms with Crippen LogP contribution in [-0.2, 0) is 20.3 Å². The van der Waals surface area contributed by atoms with Gasteiger partial charge in [0.25, 0.3) is 5.56 Å². The standard InChI is InChI=1S/C22H17ClF3N7O2/c1-10-4-11-5-13(7-27-18(11)29-10)35-15-8-28-19-17(16(15)23)33(3)21(31-19)30-14-6-12(22(24,25)26)9-32(2)20(14)34/h4-9H,1-3H3,(H,27,29)(H,28,30,31). The molecule has 2 N–H and O–H groups in total. The number of imidazole rings is 1. The molecule has 0 saturated heterocycles. The Morgan fingerprint density at radius 2 is 1.91 bits per heavy atom. The van der Waals surface area contributed by atoms with E-state index in [0.29, 0.717) is 11.3 Å². The van der Waals surface area contributed by atoms with E-state index in [4.69, 9.17) is 16.3 Å². The monoisotopic (exact) mass is 503 g/mol. The Morgan fingerprint density at radius 3 is 2.66 bits per heavy atom.